The second-order valence-electron chi connectivity index (χ2n) is 6.07. The van der Waals surface area contributed by atoms with Crippen LogP contribution in [-0.2, 0) is 11.2 Å². The number of quaternary nitrogens is 1. The summed E-state index contributed by atoms with van der Waals surface area (Å²) >= 11 is 13.2. The summed E-state index contributed by atoms with van der Waals surface area (Å²) in [5.74, 6) is 0.736. The van der Waals surface area contributed by atoms with Gasteiger partial charge in [0.1, 0.15) is 0 Å². The standard InChI is InChI=1S/C17H22Cl2N4O2S/c1-4-14(23(2)3)16-21-22-17(25-16)26-10-15(24)20-8-7-11-5-6-12(18)9-13(11)19/h5-6,9,14H,4,7-8,10H2,1-3H3,(H,20,24)/p+1/t14-/m1/s1. The first kappa shape index (κ1) is 21.0. The SMILES string of the molecule is CC[C@H](c1nnc(SCC(=O)NCCc2ccc(Cl)cc2Cl)o1)[NH+](C)C. The summed E-state index contributed by atoms with van der Waals surface area (Å²) < 4.78 is 5.66. The Morgan fingerprint density at radius 3 is 2.77 bits per heavy atom. The summed E-state index contributed by atoms with van der Waals surface area (Å²) in [4.78, 5) is 13.2. The zero-order valence-electron chi connectivity index (χ0n) is 15.0. The fraction of sp³-hybridized carbons (Fsp3) is 0.471. The predicted molar refractivity (Wildman–Crippen MR) is 104 cm³/mol. The maximum Gasteiger partial charge on any atom is 0.277 e. The highest BCUT2D eigenvalue weighted by Crippen LogP contribution is 2.21. The van der Waals surface area contributed by atoms with Crippen LogP contribution in [0.2, 0.25) is 10.0 Å². The van der Waals surface area contributed by atoms with Gasteiger partial charge in [0.2, 0.25) is 5.91 Å². The first-order valence-corrected chi connectivity index (χ1v) is 10.1. The maximum atomic E-state index is 12.0. The zero-order valence-corrected chi connectivity index (χ0v) is 17.3. The molecule has 0 aliphatic rings. The Balaban J connectivity index is 1.76. The predicted octanol–water partition coefficient (Wildman–Crippen LogP) is 2.42. The minimum absolute atomic E-state index is 0.0925. The molecule has 2 rings (SSSR count). The number of amides is 1. The van der Waals surface area contributed by atoms with E-state index in [4.69, 9.17) is 27.6 Å². The lowest BCUT2D eigenvalue weighted by molar-refractivity contribution is -0.894. The number of halogens is 2. The molecule has 1 aromatic heterocycles. The van der Waals surface area contributed by atoms with Crippen molar-refractivity contribution in [2.45, 2.75) is 31.0 Å². The van der Waals surface area contributed by atoms with Crippen molar-refractivity contribution >= 4 is 40.9 Å². The number of carbonyl (C=O) groups excluding carboxylic acids is 1. The number of nitrogens with zero attached hydrogens (tertiary/aromatic N) is 2. The van der Waals surface area contributed by atoms with E-state index in [9.17, 15) is 4.79 Å². The topological polar surface area (TPSA) is 72.5 Å². The number of nitrogens with one attached hydrogen (secondary N) is 2. The van der Waals surface area contributed by atoms with Crippen LogP contribution in [0.3, 0.4) is 0 Å². The van der Waals surface area contributed by atoms with Gasteiger partial charge in [0.15, 0.2) is 6.04 Å². The molecule has 2 aromatic rings. The smallest absolute Gasteiger partial charge is 0.277 e. The molecule has 9 heteroatoms. The molecule has 1 heterocycles. The molecule has 1 amide bonds. The maximum absolute atomic E-state index is 12.0. The molecule has 0 aliphatic carbocycles. The van der Waals surface area contributed by atoms with Crippen molar-refractivity contribution in [1.82, 2.24) is 15.5 Å². The van der Waals surface area contributed by atoms with Gasteiger partial charge in [-0.25, -0.2) is 0 Å². The van der Waals surface area contributed by atoms with Crippen LogP contribution < -0.4 is 10.2 Å². The second kappa shape index (κ2) is 10.2. The molecule has 0 unspecified atom stereocenters. The van der Waals surface area contributed by atoms with Crippen LogP contribution in [0.1, 0.15) is 30.8 Å². The second-order valence-corrected chi connectivity index (χ2v) is 7.84. The molecule has 0 fully saturated rings. The Morgan fingerprint density at radius 2 is 2.12 bits per heavy atom. The highest BCUT2D eigenvalue weighted by molar-refractivity contribution is 7.99. The third kappa shape index (κ3) is 6.16. The molecule has 142 valence electrons. The number of benzene rings is 1. The summed E-state index contributed by atoms with van der Waals surface area (Å²) in [7, 11) is 4.09. The Hall–Kier alpha value is -1.28. The van der Waals surface area contributed by atoms with Gasteiger partial charge in [-0.05, 0) is 24.1 Å². The lowest BCUT2D eigenvalue weighted by Crippen LogP contribution is -3.06. The van der Waals surface area contributed by atoms with Crippen LogP contribution in [0.4, 0.5) is 0 Å². The van der Waals surface area contributed by atoms with Crippen LogP contribution in [0, 0.1) is 0 Å². The third-order valence-electron chi connectivity index (χ3n) is 3.88. The number of hydrogen-bond donors (Lipinski definition) is 2. The molecule has 1 aromatic carbocycles. The van der Waals surface area contributed by atoms with E-state index in [0.29, 0.717) is 34.1 Å². The lowest BCUT2D eigenvalue weighted by Gasteiger charge is -2.15. The lowest BCUT2D eigenvalue weighted by atomic mass is 10.1. The van der Waals surface area contributed by atoms with Gasteiger partial charge in [-0.2, -0.15) is 0 Å². The molecule has 26 heavy (non-hydrogen) atoms. The molecule has 0 saturated heterocycles. The van der Waals surface area contributed by atoms with Crippen molar-refractivity contribution in [3.8, 4) is 0 Å². The molecular weight excluding hydrogens is 395 g/mol. The van der Waals surface area contributed by atoms with Crippen molar-refractivity contribution in [3.05, 3.63) is 39.7 Å². The number of hydrogen-bond acceptors (Lipinski definition) is 5. The number of thioether (sulfide) groups is 1. The van der Waals surface area contributed by atoms with Crippen molar-refractivity contribution in [1.29, 1.82) is 0 Å². The normalized spacial score (nSPS) is 12.4. The number of rotatable bonds is 9. The Kier molecular flexibility index (Phi) is 8.21. The van der Waals surface area contributed by atoms with Crippen molar-refractivity contribution in [2.24, 2.45) is 0 Å². The van der Waals surface area contributed by atoms with E-state index < -0.39 is 0 Å². The van der Waals surface area contributed by atoms with Gasteiger partial charge in [-0.3, -0.25) is 4.79 Å². The minimum Gasteiger partial charge on any atom is -0.410 e. The number of aromatic nitrogens is 2. The molecular formula is C17H23Cl2N4O2S+. The van der Waals surface area contributed by atoms with Crippen molar-refractivity contribution in [3.63, 3.8) is 0 Å². The molecule has 0 spiro atoms. The van der Waals surface area contributed by atoms with E-state index in [0.717, 1.165) is 12.0 Å². The highest BCUT2D eigenvalue weighted by atomic mass is 35.5. The monoisotopic (exact) mass is 417 g/mol. The fourth-order valence-corrected chi connectivity index (χ4v) is 3.59. The molecule has 0 saturated carbocycles. The Bertz CT molecular complexity index is 739. The Morgan fingerprint density at radius 1 is 1.35 bits per heavy atom. The zero-order chi connectivity index (χ0) is 19.1. The van der Waals surface area contributed by atoms with Gasteiger partial charge in [0.25, 0.3) is 11.1 Å². The number of carbonyl (C=O) groups is 1. The Labute approximate surface area is 167 Å². The third-order valence-corrected chi connectivity index (χ3v) is 5.29. The van der Waals surface area contributed by atoms with E-state index in [1.807, 2.05) is 20.2 Å². The van der Waals surface area contributed by atoms with E-state index >= 15 is 0 Å². The van der Waals surface area contributed by atoms with Crippen LogP contribution in [0.15, 0.2) is 27.8 Å². The van der Waals surface area contributed by atoms with Gasteiger partial charge < -0.3 is 14.6 Å². The quantitative estimate of drug-likeness (QED) is 0.612. The van der Waals surface area contributed by atoms with Crippen LogP contribution >= 0.6 is 35.0 Å². The van der Waals surface area contributed by atoms with E-state index in [1.54, 1.807) is 12.1 Å². The molecule has 6 nitrogen and oxygen atoms in total. The van der Waals surface area contributed by atoms with Crippen LogP contribution in [0.25, 0.3) is 0 Å². The summed E-state index contributed by atoms with van der Waals surface area (Å²) in [5.41, 5.74) is 0.947. The van der Waals surface area contributed by atoms with Gasteiger partial charge >= 0.3 is 0 Å². The summed E-state index contributed by atoms with van der Waals surface area (Å²) in [6.07, 6.45) is 1.54. The van der Waals surface area contributed by atoms with Gasteiger partial charge in [-0.15, -0.1) is 10.2 Å². The van der Waals surface area contributed by atoms with Crippen LogP contribution in [-0.4, -0.2) is 42.5 Å². The average Bonchev–Trinajstić information content (AvgIpc) is 3.04. The summed E-state index contributed by atoms with van der Waals surface area (Å²) in [5, 5.41) is 12.6. The van der Waals surface area contributed by atoms with Crippen LogP contribution in [0.5, 0.6) is 0 Å². The molecule has 0 radical (unpaired) electrons. The average molecular weight is 418 g/mol. The van der Waals surface area contributed by atoms with E-state index in [1.165, 1.54) is 16.7 Å². The van der Waals surface area contributed by atoms with Gasteiger partial charge in [0, 0.05) is 23.0 Å². The highest BCUT2D eigenvalue weighted by Gasteiger charge is 2.22. The summed E-state index contributed by atoms with van der Waals surface area (Å²) in [6.45, 7) is 2.58. The van der Waals surface area contributed by atoms with Gasteiger partial charge in [-0.1, -0.05) is 48.0 Å². The molecule has 0 aliphatic heterocycles. The van der Waals surface area contributed by atoms with Crippen molar-refractivity contribution < 1.29 is 14.1 Å². The van der Waals surface area contributed by atoms with Gasteiger partial charge in [0.05, 0.1) is 19.8 Å². The molecule has 1 atom stereocenters. The minimum atomic E-state index is -0.0925. The van der Waals surface area contributed by atoms with E-state index in [2.05, 4.69) is 22.4 Å². The molecule has 2 N–H and O–H groups in total. The first-order valence-electron chi connectivity index (χ1n) is 8.37. The largest absolute Gasteiger partial charge is 0.410 e. The summed E-state index contributed by atoms with van der Waals surface area (Å²) in [6, 6.07) is 5.51. The van der Waals surface area contributed by atoms with E-state index in [-0.39, 0.29) is 17.7 Å². The first-order chi connectivity index (χ1) is 12.4. The van der Waals surface area contributed by atoms with Crippen molar-refractivity contribution in [2.75, 3.05) is 26.4 Å². The fourth-order valence-electron chi connectivity index (χ4n) is 2.49. The molecule has 0 bridgehead atoms.